The van der Waals surface area contributed by atoms with Crippen LogP contribution in [0.2, 0.25) is 0 Å². The molecule has 0 radical (unpaired) electrons. The minimum atomic E-state index is 0. The Labute approximate surface area is 114 Å². The fourth-order valence-electron chi connectivity index (χ4n) is 1.65. The van der Waals surface area contributed by atoms with Crippen LogP contribution in [0.5, 0.6) is 0 Å². The third-order valence-electron chi connectivity index (χ3n) is 2.65. The van der Waals surface area contributed by atoms with Crippen molar-refractivity contribution in [1.82, 2.24) is 19.6 Å². The molecule has 0 bridgehead atoms. The van der Waals surface area contributed by atoms with Gasteiger partial charge >= 0.3 is 0 Å². The first-order chi connectivity index (χ1) is 8.06. The summed E-state index contributed by atoms with van der Waals surface area (Å²) in [4.78, 5) is 0. The molecule has 0 aliphatic heterocycles. The number of nitrogens with one attached hydrogen (secondary N) is 1. The molecule has 100 valence electrons. The van der Waals surface area contributed by atoms with E-state index in [4.69, 9.17) is 0 Å². The summed E-state index contributed by atoms with van der Waals surface area (Å²) in [6, 6.07) is 2.39. The van der Waals surface area contributed by atoms with Crippen molar-refractivity contribution in [3.8, 4) is 0 Å². The van der Waals surface area contributed by atoms with E-state index in [0.717, 1.165) is 17.1 Å². The van der Waals surface area contributed by atoms with E-state index in [2.05, 4.69) is 42.5 Å². The SMILES string of the molecule is Cc1cn(C(C)C)nc1NCc1ccn(C)n1.Cl. The highest BCUT2D eigenvalue weighted by molar-refractivity contribution is 5.85. The Kier molecular flexibility index (Phi) is 4.78. The molecular weight excluding hydrogens is 250 g/mol. The second-order valence-electron chi connectivity index (χ2n) is 4.57. The van der Waals surface area contributed by atoms with Crippen molar-refractivity contribution in [1.29, 1.82) is 0 Å². The Morgan fingerprint density at radius 3 is 2.56 bits per heavy atom. The molecule has 0 aliphatic carbocycles. The van der Waals surface area contributed by atoms with Crippen molar-refractivity contribution in [3.63, 3.8) is 0 Å². The summed E-state index contributed by atoms with van der Waals surface area (Å²) >= 11 is 0. The van der Waals surface area contributed by atoms with Gasteiger partial charge in [0.1, 0.15) is 0 Å². The normalized spacial score (nSPS) is 10.5. The van der Waals surface area contributed by atoms with Crippen molar-refractivity contribution in [2.45, 2.75) is 33.4 Å². The summed E-state index contributed by atoms with van der Waals surface area (Å²) in [5, 5.41) is 12.1. The Morgan fingerprint density at radius 2 is 2.06 bits per heavy atom. The van der Waals surface area contributed by atoms with Gasteiger partial charge < -0.3 is 5.32 Å². The standard InChI is InChI=1S/C12H19N5.ClH/c1-9(2)17-8-10(3)12(15-17)13-7-11-5-6-16(4)14-11;/h5-6,8-9H,7H2,1-4H3,(H,13,15);1H. The van der Waals surface area contributed by atoms with Crippen LogP contribution in [0.15, 0.2) is 18.5 Å². The molecule has 0 fully saturated rings. The Hall–Kier alpha value is -1.49. The molecule has 5 nitrogen and oxygen atoms in total. The zero-order valence-corrected chi connectivity index (χ0v) is 12.0. The maximum absolute atomic E-state index is 4.50. The molecule has 2 rings (SSSR count). The average molecular weight is 270 g/mol. The van der Waals surface area contributed by atoms with Crippen molar-refractivity contribution in [2.75, 3.05) is 5.32 Å². The third kappa shape index (κ3) is 3.26. The zero-order chi connectivity index (χ0) is 12.4. The van der Waals surface area contributed by atoms with E-state index in [9.17, 15) is 0 Å². The number of rotatable bonds is 4. The van der Waals surface area contributed by atoms with E-state index in [1.807, 2.05) is 24.0 Å². The van der Waals surface area contributed by atoms with E-state index >= 15 is 0 Å². The van der Waals surface area contributed by atoms with Crippen LogP contribution in [-0.4, -0.2) is 19.6 Å². The first-order valence-electron chi connectivity index (χ1n) is 5.84. The molecule has 0 amide bonds. The molecule has 0 aliphatic rings. The molecule has 2 aromatic heterocycles. The van der Waals surface area contributed by atoms with Crippen LogP contribution in [0.3, 0.4) is 0 Å². The summed E-state index contributed by atoms with van der Waals surface area (Å²) in [5.74, 6) is 0.935. The Morgan fingerprint density at radius 1 is 1.33 bits per heavy atom. The number of hydrogen-bond acceptors (Lipinski definition) is 3. The molecular formula is C12H20ClN5. The van der Waals surface area contributed by atoms with Gasteiger partial charge in [0.25, 0.3) is 0 Å². The number of anilines is 1. The molecule has 0 saturated carbocycles. The van der Waals surface area contributed by atoms with Gasteiger partial charge in [-0.1, -0.05) is 0 Å². The van der Waals surface area contributed by atoms with E-state index < -0.39 is 0 Å². The van der Waals surface area contributed by atoms with Crippen LogP contribution in [0, 0.1) is 6.92 Å². The maximum Gasteiger partial charge on any atom is 0.151 e. The molecule has 2 heterocycles. The average Bonchev–Trinajstić information content (AvgIpc) is 2.82. The monoisotopic (exact) mass is 269 g/mol. The molecule has 2 aromatic rings. The molecule has 0 aromatic carbocycles. The predicted molar refractivity (Wildman–Crippen MR) is 75.1 cm³/mol. The molecule has 0 unspecified atom stereocenters. The van der Waals surface area contributed by atoms with Crippen LogP contribution in [-0.2, 0) is 13.6 Å². The topological polar surface area (TPSA) is 47.7 Å². The highest BCUT2D eigenvalue weighted by Gasteiger charge is 2.07. The summed E-state index contributed by atoms with van der Waals surface area (Å²) in [5.41, 5.74) is 2.18. The third-order valence-corrected chi connectivity index (χ3v) is 2.65. The van der Waals surface area contributed by atoms with Crippen LogP contribution in [0.1, 0.15) is 31.1 Å². The van der Waals surface area contributed by atoms with Crippen LogP contribution < -0.4 is 5.32 Å². The molecule has 0 spiro atoms. The number of halogens is 1. The summed E-state index contributed by atoms with van der Waals surface area (Å²) in [7, 11) is 1.92. The smallest absolute Gasteiger partial charge is 0.151 e. The second kappa shape index (κ2) is 5.91. The highest BCUT2D eigenvalue weighted by atomic mass is 35.5. The van der Waals surface area contributed by atoms with E-state index in [0.29, 0.717) is 12.6 Å². The first-order valence-corrected chi connectivity index (χ1v) is 5.84. The molecule has 6 heteroatoms. The van der Waals surface area contributed by atoms with Gasteiger partial charge in [0.15, 0.2) is 5.82 Å². The molecule has 1 N–H and O–H groups in total. The minimum Gasteiger partial charge on any atom is -0.363 e. The Balaban J connectivity index is 0.00000162. The summed E-state index contributed by atoms with van der Waals surface area (Å²) in [6.45, 7) is 7.01. The van der Waals surface area contributed by atoms with Gasteiger partial charge in [0.05, 0.1) is 12.2 Å². The van der Waals surface area contributed by atoms with Gasteiger partial charge in [-0.2, -0.15) is 10.2 Å². The lowest BCUT2D eigenvalue weighted by Gasteiger charge is -2.04. The molecule has 0 atom stereocenters. The van der Waals surface area contributed by atoms with E-state index in [-0.39, 0.29) is 12.4 Å². The van der Waals surface area contributed by atoms with Crippen LogP contribution in [0.25, 0.3) is 0 Å². The lowest BCUT2D eigenvalue weighted by Crippen LogP contribution is -2.05. The van der Waals surface area contributed by atoms with Crippen molar-refractivity contribution < 1.29 is 0 Å². The maximum atomic E-state index is 4.50. The van der Waals surface area contributed by atoms with Gasteiger partial charge in [-0.05, 0) is 26.8 Å². The van der Waals surface area contributed by atoms with Gasteiger partial charge in [-0.3, -0.25) is 9.36 Å². The highest BCUT2D eigenvalue weighted by Crippen LogP contribution is 2.15. The van der Waals surface area contributed by atoms with Crippen molar-refractivity contribution >= 4 is 18.2 Å². The van der Waals surface area contributed by atoms with Crippen molar-refractivity contribution in [3.05, 3.63) is 29.7 Å². The Bertz CT molecular complexity index is 500. The number of nitrogens with zero attached hydrogens (tertiary/aromatic N) is 4. The first kappa shape index (κ1) is 14.6. The number of aryl methyl sites for hydroxylation is 2. The quantitative estimate of drug-likeness (QED) is 0.928. The molecule has 0 saturated heterocycles. The fourth-order valence-corrected chi connectivity index (χ4v) is 1.65. The van der Waals surface area contributed by atoms with Gasteiger partial charge in [-0.15, -0.1) is 12.4 Å². The summed E-state index contributed by atoms with van der Waals surface area (Å²) < 4.78 is 3.77. The predicted octanol–water partition coefficient (Wildman–Crippen LogP) is 2.54. The van der Waals surface area contributed by atoms with Gasteiger partial charge in [0.2, 0.25) is 0 Å². The molecule has 18 heavy (non-hydrogen) atoms. The van der Waals surface area contributed by atoms with Crippen LogP contribution >= 0.6 is 12.4 Å². The summed E-state index contributed by atoms with van der Waals surface area (Å²) in [6.07, 6.45) is 4.00. The lowest BCUT2D eigenvalue weighted by atomic mass is 10.3. The van der Waals surface area contributed by atoms with Crippen molar-refractivity contribution in [2.24, 2.45) is 7.05 Å². The number of aromatic nitrogens is 4. The van der Waals surface area contributed by atoms with E-state index in [1.54, 1.807) is 4.68 Å². The zero-order valence-electron chi connectivity index (χ0n) is 11.2. The van der Waals surface area contributed by atoms with Gasteiger partial charge in [-0.25, -0.2) is 0 Å². The second-order valence-corrected chi connectivity index (χ2v) is 4.57. The number of hydrogen-bond donors (Lipinski definition) is 1. The van der Waals surface area contributed by atoms with Crippen LogP contribution in [0.4, 0.5) is 5.82 Å². The van der Waals surface area contributed by atoms with E-state index in [1.165, 1.54) is 0 Å². The van der Waals surface area contributed by atoms with Gasteiger partial charge in [0, 0.05) is 31.0 Å². The largest absolute Gasteiger partial charge is 0.363 e. The fraction of sp³-hybridized carbons (Fsp3) is 0.500. The lowest BCUT2D eigenvalue weighted by molar-refractivity contribution is 0.533. The minimum absolute atomic E-state index is 0.